The summed E-state index contributed by atoms with van der Waals surface area (Å²) in [6.07, 6.45) is 6.31. The third-order valence-electron chi connectivity index (χ3n) is 3.38. The van der Waals surface area contributed by atoms with Gasteiger partial charge in [0.2, 0.25) is 0 Å². The van der Waals surface area contributed by atoms with E-state index < -0.39 is 0 Å². The highest BCUT2D eigenvalue weighted by atomic mass is 16.1. The van der Waals surface area contributed by atoms with Gasteiger partial charge >= 0.3 is 0 Å². The van der Waals surface area contributed by atoms with Crippen molar-refractivity contribution in [3.8, 4) is 0 Å². The van der Waals surface area contributed by atoms with Gasteiger partial charge in [-0.2, -0.15) is 0 Å². The number of rotatable bonds is 6. The minimum absolute atomic E-state index is 0.00863. The van der Waals surface area contributed by atoms with Crippen molar-refractivity contribution in [3.63, 3.8) is 0 Å². The molecule has 0 saturated heterocycles. The number of aromatic nitrogens is 2. The van der Waals surface area contributed by atoms with E-state index in [1.54, 1.807) is 0 Å². The highest BCUT2D eigenvalue weighted by Crippen LogP contribution is 2.23. The Morgan fingerprint density at radius 3 is 2.41 bits per heavy atom. The van der Waals surface area contributed by atoms with Crippen molar-refractivity contribution in [1.82, 2.24) is 15.3 Å². The van der Waals surface area contributed by atoms with Crippen LogP contribution in [0.4, 0.5) is 0 Å². The molecule has 0 radical (unpaired) electrons. The number of nitrogens with one attached hydrogen (secondary N) is 1. The number of amides is 1. The van der Waals surface area contributed by atoms with E-state index in [0.29, 0.717) is 18.7 Å². The van der Waals surface area contributed by atoms with E-state index in [0.717, 1.165) is 12.8 Å². The maximum Gasteiger partial charge on any atom is 0.254 e. The summed E-state index contributed by atoms with van der Waals surface area (Å²) < 4.78 is 0. The van der Waals surface area contributed by atoms with Gasteiger partial charge in [-0.05, 0) is 24.8 Å². The lowest BCUT2D eigenvalue weighted by Gasteiger charge is -2.30. The lowest BCUT2D eigenvalue weighted by Crippen LogP contribution is -2.41. The van der Waals surface area contributed by atoms with Crippen LogP contribution in [0.2, 0.25) is 0 Å². The first-order valence-electron chi connectivity index (χ1n) is 5.90. The summed E-state index contributed by atoms with van der Waals surface area (Å²) in [6.45, 7) is 5.35. The first-order valence-corrected chi connectivity index (χ1v) is 5.90. The zero-order chi connectivity index (χ0) is 12.7. The lowest BCUT2D eigenvalue weighted by molar-refractivity contribution is 0.0927. The smallest absolute Gasteiger partial charge is 0.254 e. The molecule has 0 saturated carbocycles. The van der Waals surface area contributed by atoms with Crippen molar-refractivity contribution in [3.05, 3.63) is 24.3 Å². The monoisotopic (exact) mass is 236 g/mol. The maximum absolute atomic E-state index is 11.8. The molecule has 0 unspecified atom stereocenters. The molecular formula is C12H20N4O. The molecule has 0 aliphatic heterocycles. The molecule has 1 amide bonds. The van der Waals surface area contributed by atoms with Gasteiger partial charge in [-0.1, -0.05) is 13.8 Å². The average Bonchev–Trinajstić information content (AvgIpc) is 2.41. The number of hydrogen-bond acceptors (Lipinski definition) is 4. The Bertz CT molecular complexity index is 341. The fraction of sp³-hybridized carbons (Fsp3) is 0.583. The van der Waals surface area contributed by atoms with Crippen molar-refractivity contribution >= 4 is 5.91 Å². The van der Waals surface area contributed by atoms with Crippen molar-refractivity contribution in [1.29, 1.82) is 0 Å². The zero-order valence-electron chi connectivity index (χ0n) is 10.4. The number of nitrogens with two attached hydrogens (primary N) is 1. The third kappa shape index (κ3) is 3.49. The summed E-state index contributed by atoms with van der Waals surface area (Å²) in [6, 6.07) is 0. The summed E-state index contributed by atoms with van der Waals surface area (Å²) >= 11 is 0. The molecule has 1 aromatic heterocycles. The van der Waals surface area contributed by atoms with Gasteiger partial charge in [0.25, 0.3) is 5.91 Å². The molecule has 0 aliphatic rings. The Labute approximate surface area is 102 Å². The van der Waals surface area contributed by atoms with E-state index >= 15 is 0 Å². The second kappa shape index (κ2) is 6.30. The summed E-state index contributed by atoms with van der Waals surface area (Å²) in [7, 11) is 0. The summed E-state index contributed by atoms with van der Waals surface area (Å²) in [5, 5.41) is 2.89. The van der Waals surface area contributed by atoms with Crippen LogP contribution in [0.15, 0.2) is 18.7 Å². The second-order valence-corrected chi connectivity index (χ2v) is 4.22. The first kappa shape index (κ1) is 13.6. The molecule has 17 heavy (non-hydrogen) atoms. The van der Waals surface area contributed by atoms with Crippen LogP contribution in [0.5, 0.6) is 0 Å². The first-order chi connectivity index (χ1) is 8.17. The Hall–Kier alpha value is -1.49. The minimum atomic E-state index is -0.148. The van der Waals surface area contributed by atoms with Crippen LogP contribution >= 0.6 is 0 Å². The standard InChI is InChI=1S/C12H20N4O/c1-3-12(4-2,7-13)8-16-11(17)10-5-14-9-15-6-10/h5-6,9H,3-4,7-8,13H2,1-2H3,(H,16,17). The van der Waals surface area contributed by atoms with E-state index in [2.05, 4.69) is 29.1 Å². The van der Waals surface area contributed by atoms with E-state index in [9.17, 15) is 4.79 Å². The average molecular weight is 236 g/mol. The molecular weight excluding hydrogens is 216 g/mol. The van der Waals surface area contributed by atoms with Gasteiger partial charge in [-0.3, -0.25) is 4.79 Å². The molecule has 0 fully saturated rings. The van der Waals surface area contributed by atoms with Crippen molar-refractivity contribution in [2.75, 3.05) is 13.1 Å². The SMILES string of the molecule is CCC(CC)(CN)CNC(=O)c1cncnc1. The molecule has 0 atom stereocenters. The van der Waals surface area contributed by atoms with Crippen LogP contribution in [0.1, 0.15) is 37.0 Å². The topological polar surface area (TPSA) is 80.9 Å². The van der Waals surface area contributed by atoms with Gasteiger partial charge < -0.3 is 11.1 Å². The summed E-state index contributed by atoms with van der Waals surface area (Å²) in [4.78, 5) is 19.4. The van der Waals surface area contributed by atoms with Crippen LogP contribution in [0.3, 0.4) is 0 Å². The Balaban J connectivity index is 2.59. The van der Waals surface area contributed by atoms with E-state index in [4.69, 9.17) is 5.73 Å². The van der Waals surface area contributed by atoms with Crippen molar-refractivity contribution in [2.45, 2.75) is 26.7 Å². The molecule has 5 heteroatoms. The van der Waals surface area contributed by atoms with Gasteiger partial charge in [0.15, 0.2) is 0 Å². The molecule has 0 bridgehead atoms. The Kier molecular flexibility index (Phi) is 5.03. The summed E-state index contributed by atoms with van der Waals surface area (Å²) in [5.41, 5.74) is 6.25. The Morgan fingerprint density at radius 2 is 1.94 bits per heavy atom. The molecule has 3 N–H and O–H groups in total. The van der Waals surface area contributed by atoms with Gasteiger partial charge in [-0.15, -0.1) is 0 Å². The normalized spacial score (nSPS) is 11.2. The molecule has 0 aromatic carbocycles. The van der Waals surface area contributed by atoms with Crippen LogP contribution in [-0.4, -0.2) is 29.0 Å². The zero-order valence-corrected chi connectivity index (χ0v) is 10.4. The van der Waals surface area contributed by atoms with E-state index in [1.807, 2.05) is 0 Å². The molecule has 1 rings (SSSR count). The number of carbonyl (C=O) groups excluding carboxylic acids is 1. The van der Waals surface area contributed by atoms with Crippen LogP contribution in [0.25, 0.3) is 0 Å². The predicted octanol–water partition coefficient (Wildman–Crippen LogP) is 0.971. The van der Waals surface area contributed by atoms with Gasteiger partial charge in [0.1, 0.15) is 6.33 Å². The Morgan fingerprint density at radius 1 is 1.35 bits per heavy atom. The van der Waals surface area contributed by atoms with Gasteiger partial charge in [0.05, 0.1) is 5.56 Å². The minimum Gasteiger partial charge on any atom is -0.351 e. The third-order valence-corrected chi connectivity index (χ3v) is 3.38. The van der Waals surface area contributed by atoms with Crippen LogP contribution < -0.4 is 11.1 Å². The number of nitrogens with zero attached hydrogens (tertiary/aromatic N) is 2. The lowest BCUT2D eigenvalue weighted by atomic mass is 9.82. The van der Waals surface area contributed by atoms with Gasteiger partial charge in [0, 0.05) is 18.9 Å². The molecule has 5 nitrogen and oxygen atoms in total. The van der Waals surface area contributed by atoms with Crippen molar-refractivity contribution < 1.29 is 4.79 Å². The molecule has 1 heterocycles. The molecule has 1 aromatic rings. The highest BCUT2D eigenvalue weighted by Gasteiger charge is 2.25. The second-order valence-electron chi connectivity index (χ2n) is 4.22. The number of carbonyl (C=O) groups is 1. The summed E-state index contributed by atoms with van der Waals surface area (Å²) in [5.74, 6) is -0.148. The fourth-order valence-corrected chi connectivity index (χ4v) is 1.65. The molecule has 0 aliphatic carbocycles. The van der Waals surface area contributed by atoms with E-state index in [1.165, 1.54) is 18.7 Å². The molecule has 94 valence electrons. The van der Waals surface area contributed by atoms with Crippen molar-refractivity contribution in [2.24, 2.45) is 11.1 Å². The molecule has 0 spiro atoms. The maximum atomic E-state index is 11.8. The fourth-order valence-electron chi connectivity index (χ4n) is 1.65. The van der Waals surface area contributed by atoms with E-state index in [-0.39, 0.29) is 11.3 Å². The number of hydrogen-bond donors (Lipinski definition) is 2. The highest BCUT2D eigenvalue weighted by molar-refractivity contribution is 5.93. The predicted molar refractivity (Wildman–Crippen MR) is 66.4 cm³/mol. The largest absolute Gasteiger partial charge is 0.351 e. The quantitative estimate of drug-likeness (QED) is 0.771. The van der Waals surface area contributed by atoms with Crippen LogP contribution in [-0.2, 0) is 0 Å². The van der Waals surface area contributed by atoms with Crippen LogP contribution in [0, 0.1) is 5.41 Å². The van der Waals surface area contributed by atoms with Gasteiger partial charge in [-0.25, -0.2) is 9.97 Å².